The lowest BCUT2D eigenvalue weighted by Crippen LogP contribution is -2.41. The summed E-state index contributed by atoms with van der Waals surface area (Å²) in [6, 6.07) is 6.42. The molecule has 3 rings (SSSR count). The summed E-state index contributed by atoms with van der Waals surface area (Å²) in [5.74, 6) is -1.69. The smallest absolute Gasteiger partial charge is 0.271 e. The molecular formula is C17H19F2N5O2. The van der Waals surface area contributed by atoms with E-state index in [0.29, 0.717) is 19.8 Å². The largest absolute Gasteiger partial charge is 0.379 e. The fourth-order valence-corrected chi connectivity index (χ4v) is 2.51. The molecule has 0 radical (unpaired) electrons. The van der Waals surface area contributed by atoms with Gasteiger partial charge in [-0.2, -0.15) is 0 Å². The molecule has 1 aliphatic rings. The van der Waals surface area contributed by atoms with Gasteiger partial charge in [0.2, 0.25) is 0 Å². The standard InChI is InChI=1S/C17H19F2N5O2/c18-12-2-1-3-13(19)16(12)21-15-5-4-14(22-23-15)17(25)20-6-7-24-8-10-26-11-9-24/h1-5H,6-11H2,(H,20,25)(H,21,23). The Kier molecular flexibility index (Phi) is 6.03. The van der Waals surface area contributed by atoms with Crippen molar-refractivity contribution in [1.29, 1.82) is 0 Å². The minimum Gasteiger partial charge on any atom is -0.379 e. The predicted octanol–water partition coefficient (Wildman–Crippen LogP) is 1.56. The van der Waals surface area contributed by atoms with Gasteiger partial charge in [0.05, 0.1) is 13.2 Å². The Labute approximate surface area is 149 Å². The van der Waals surface area contributed by atoms with Crippen LogP contribution in [0.5, 0.6) is 0 Å². The van der Waals surface area contributed by atoms with Gasteiger partial charge in [0.15, 0.2) is 11.5 Å². The molecule has 2 N–H and O–H groups in total. The van der Waals surface area contributed by atoms with Crippen LogP contribution < -0.4 is 10.6 Å². The second-order valence-corrected chi connectivity index (χ2v) is 5.74. The summed E-state index contributed by atoms with van der Waals surface area (Å²) in [5.41, 5.74) is -0.184. The summed E-state index contributed by atoms with van der Waals surface area (Å²) >= 11 is 0. The van der Waals surface area contributed by atoms with E-state index in [9.17, 15) is 13.6 Å². The molecule has 0 unspecified atom stereocenters. The van der Waals surface area contributed by atoms with E-state index in [-0.39, 0.29) is 23.1 Å². The van der Waals surface area contributed by atoms with E-state index < -0.39 is 11.6 Å². The van der Waals surface area contributed by atoms with Crippen molar-refractivity contribution < 1.29 is 18.3 Å². The molecule has 1 fully saturated rings. The summed E-state index contributed by atoms with van der Waals surface area (Å²) in [7, 11) is 0. The number of benzene rings is 1. The van der Waals surface area contributed by atoms with Gasteiger partial charge in [-0.25, -0.2) is 8.78 Å². The molecule has 7 nitrogen and oxygen atoms in total. The molecule has 1 aromatic heterocycles. The molecule has 0 atom stereocenters. The fourth-order valence-electron chi connectivity index (χ4n) is 2.51. The molecule has 2 heterocycles. The molecule has 0 bridgehead atoms. The third-order valence-corrected chi connectivity index (χ3v) is 3.93. The van der Waals surface area contributed by atoms with Gasteiger partial charge in [-0.15, -0.1) is 10.2 Å². The van der Waals surface area contributed by atoms with Gasteiger partial charge in [0, 0.05) is 26.2 Å². The van der Waals surface area contributed by atoms with Crippen molar-refractivity contribution in [2.45, 2.75) is 0 Å². The lowest BCUT2D eigenvalue weighted by atomic mass is 10.3. The molecule has 2 aromatic rings. The third-order valence-electron chi connectivity index (χ3n) is 3.93. The van der Waals surface area contributed by atoms with Gasteiger partial charge in [-0.3, -0.25) is 9.69 Å². The molecule has 0 spiro atoms. The number of ether oxygens (including phenoxy) is 1. The maximum atomic E-state index is 13.6. The van der Waals surface area contributed by atoms with Crippen LogP contribution in [0.1, 0.15) is 10.5 Å². The lowest BCUT2D eigenvalue weighted by Gasteiger charge is -2.26. The quantitative estimate of drug-likeness (QED) is 0.811. The first-order chi connectivity index (χ1) is 12.6. The van der Waals surface area contributed by atoms with Crippen LogP contribution in [0.2, 0.25) is 0 Å². The SMILES string of the molecule is O=C(NCCN1CCOCC1)c1ccc(Nc2c(F)cccc2F)nn1. The highest BCUT2D eigenvalue weighted by molar-refractivity contribution is 5.92. The number of hydrogen-bond acceptors (Lipinski definition) is 6. The van der Waals surface area contributed by atoms with Crippen LogP contribution in [0.15, 0.2) is 30.3 Å². The molecule has 1 aromatic carbocycles. The Morgan fingerprint density at radius 1 is 1.12 bits per heavy atom. The number of morpholine rings is 1. The molecule has 9 heteroatoms. The summed E-state index contributed by atoms with van der Waals surface area (Å²) in [6.45, 7) is 4.33. The van der Waals surface area contributed by atoms with Crippen molar-refractivity contribution in [3.05, 3.63) is 47.7 Å². The van der Waals surface area contributed by atoms with E-state index in [1.54, 1.807) is 0 Å². The van der Waals surface area contributed by atoms with Gasteiger partial charge in [-0.05, 0) is 24.3 Å². The number of aromatic nitrogens is 2. The number of carbonyl (C=O) groups is 1. The van der Waals surface area contributed by atoms with E-state index in [2.05, 4.69) is 25.7 Å². The topological polar surface area (TPSA) is 79.4 Å². The average molecular weight is 363 g/mol. The second-order valence-electron chi connectivity index (χ2n) is 5.74. The van der Waals surface area contributed by atoms with Crippen molar-refractivity contribution in [3.63, 3.8) is 0 Å². The fraction of sp³-hybridized carbons (Fsp3) is 0.353. The Bertz CT molecular complexity index is 731. The Morgan fingerprint density at radius 3 is 2.50 bits per heavy atom. The highest BCUT2D eigenvalue weighted by Crippen LogP contribution is 2.21. The molecule has 138 valence electrons. The van der Waals surface area contributed by atoms with Crippen molar-refractivity contribution >= 4 is 17.4 Å². The highest BCUT2D eigenvalue weighted by atomic mass is 19.1. The second kappa shape index (κ2) is 8.63. The van der Waals surface area contributed by atoms with Gasteiger partial charge >= 0.3 is 0 Å². The van der Waals surface area contributed by atoms with E-state index in [1.165, 1.54) is 18.2 Å². The zero-order valence-electron chi connectivity index (χ0n) is 14.0. The number of para-hydroxylation sites is 1. The number of carbonyl (C=O) groups excluding carboxylic acids is 1. The number of rotatable bonds is 6. The zero-order chi connectivity index (χ0) is 18.4. The monoisotopic (exact) mass is 363 g/mol. The molecule has 26 heavy (non-hydrogen) atoms. The van der Waals surface area contributed by atoms with Gasteiger partial charge < -0.3 is 15.4 Å². The van der Waals surface area contributed by atoms with Crippen molar-refractivity contribution in [1.82, 2.24) is 20.4 Å². The van der Waals surface area contributed by atoms with Crippen molar-refractivity contribution in [3.8, 4) is 0 Å². The Balaban J connectivity index is 1.52. The number of nitrogens with zero attached hydrogens (tertiary/aromatic N) is 3. The predicted molar refractivity (Wildman–Crippen MR) is 91.3 cm³/mol. The highest BCUT2D eigenvalue weighted by Gasteiger charge is 2.13. The molecule has 1 aliphatic heterocycles. The Hall–Kier alpha value is -2.65. The summed E-state index contributed by atoms with van der Waals surface area (Å²) in [4.78, 5) is 14.3. The number of amides is 1. The van der Waals surface area contributed by atoms with E-state index in [4.69, 9.17) is 4.74 Å². The number of hydrogen-bond donors (Lipinski definition) is 2. The molecule has 0 aliphatic carbocycles. The summed E-state index contributed by atoms with van der Waals surface area (Å²) < 4.78 is 32.5. The zero-order valence-corrected chi connectivity index (χ0v) is 14.0. The van der Waals surface area contributed by atoms with Crippen LogP contribution >= 0.6 is 0 Å². The minimum atomic E-state index is -0.739. The summed E-state index contributed by atoms with van der Waals surface area (Å²) in [5, 5.41) is 12.9. The number of halogens is 2. The maximum Gasteiger partial charge on any atom is 0.271 e. The van der Waals surface area contributed by atoms with Gasteiger partial charge in [-0.1, -0.05) is 6.07 Å². The van der Waals surface area contributed by atoms with Crippen LogP contribution in [-0.2, 0) is 4.74 Å². The van der Waals surface area contributed by atoms with Crippen LogP contribution in [-0.4, -0.2) is 60.4 Å². The van der Waals surface area contributed by atoms with Crippen LogP contribution in [0.25, 0.3) is 0 Å². The first kappa shape index (κ1) is 18.2. The first-order valence-electron chi connectivity index (χ1n) is 8.26. The Morgan fingerprint density at radius 2 is 1.85 bits per heavy atom. The molecule has 1 saturated heterocycles. The van der Waals surface area contributed by atoms with E-state index in [0.717, 1.165) is 31.8 Å². The van der Waals surface area contributed by atoms with Gasteiger partial charge in [0.25, 0.3) is 5.91 Å². The number of anilines is 2. The molecule has 1 amide bonds. The molecule has 0 saturated carbocycles. The average Bonchev–Trinajstić information content (AvgIpc) is 2.66. The lowest BCUT2D eigenvalue weighted by molar-refractivity contribution is 0.0383. The van der Waals surface area contributed by atoms with E-state index >= 15 is 0 Å². The van der Waals surface area contributed by atoms with Crippen LogP contribution in [0.4, 0.5) is 20.3 Å². The molecular weight excluding hydrogens is 344 g/mol. The normalized spacial score (nSPS) is 14.8. The van der Waals surface area contributed by atoms with Crippen LogP contribution in [0, 0.1) is 11.6 Å². The maximum absolute atomic E-state index is 13.6. The van der Waals surface area contributed by atoms with Gasteiger partial charge in [0.1, 0.15) is 17.3 Å². The summed E-state index contributed by atoms with van der Waals surface area (Å²) in [6.07, 6.45) is 0. The van der Waals surface area contributed by atoms with Crippen molar-refractivity contribution in [2.24, 2.45) is 0 Å². The first-order valence-corrected chi connectivity index (χ1v) is 8.26. The third kappa shape index (κ3) is 4.70. The minimum absolute atomic E-state index is 0.131. The van der Waals surface area contributed by atoms with Crippen LogP contribution in [0.3, 0.4) is 0 Å². The van der Waals surface area contributed by atoms with Crippen molar-refractivity contribution in [2.75, 3.05) is 44.7 Å². The number of nitrogens with one attached hydrogen (secondary N) is 2. The van der Waals surface area contributed by atoms with E-state index in [1.807, 2.05) is 0 Å².